The summed E-state index contributed by atoms with van der Waals surface area (Å²) in [6.45, 7) is 2.01. The molecule has 2 heterocycles. The number of aryl methyl sites for hydroxylation is 1. The Kier molecular flexibility index (Phi) is 5.17. The molecule has 2 aromatic carbocycles. The summed E-state index contributed by atoms with van der Waals surface area (Å²) in [6, 6.07) is 17.9. The van der Waals surface area contributed by atoms with E-state index in [0.29, 0.717) is 17.8 Å². The SMILES string of the molecule is Cc1ccc([C@H]2CC(c3cccc(NS(C)(=O)=O)c3)=NN2C(=O)c2ccco2)cc1. The number of hydrazone groups is 1. The van der Waals surface area contributed by atoms with Crippen molar-refractivity contribution in [1.29, 1.82) is 0 Å². The van der Waals surface area contributed by atoms with Gasteiger partial charge in [-0.2, -0.15) is 5.10 Å². The lowest BCUT2D eigenvalue weighted by Gasteiger charge is -2.21. The van der Waals surface area contributed by atoms with E-state index in [0.717, 1.165) is 22.9 Å². The van der Waals surface area contributed by atoms with Crippen molar-refractivity contribution in [3.63, 3.8) is 0 Å². The summed E-state index contributed by atoms with van der Waals surface area (Å²) in [5.74, 6) is -0.115. The van der Waals surface area contributed by atoms with Crippen LogP contribution in [0.15, 0.2) is 76.4 Å². The summed E-state index contributed by atoms with van der Waals surface area (Å²) >= 11 is 0. The van der Waals surface area contributed by atoms with Gasteiger partial charge in [0.25, 0.3) is 0 Å². The second kappa shape index (κ2) is 7.79. The van der Waals surface area contributed by atoms with E-state index in [1.54, 1.807) is 30.3 Å². The fourth-order valence-corrected chi connectivity index (χ4v) is 3.96. The zero-order chi connectivity index (χ0) is 21.3. The molecule has 1 aromatic heterocycles. The first kappa shape index (κ1) is 19.9. The average molecular weight is 423 g/mol. The predicted molar refractivity (Wildman–Crippen MR) is 115 cm³/mol. The van der Waals surface area contributed by atoms with Gasteiger partial charge in [-0.15, -0.1) is 0 Å². The minimum absolute atomic E-state index is 0.213. The zero-order valence-corrected chi connectivity index (χ0v) is 17.4. The van der Waals surface area contributed by atoms with Crippen LogP contribution in [0.4, 0.5) is 5.69 Å². The number of amides is 1. The number of hydrogen-bond acceptors (Lipinski definition) is 5. The van der Waals surface area contributed by atoms with Gasteiger partial charge in [0.15, 0.2) is 5.76 Å². The maximum absolute atomic E-state index is 13.0. The van der Waals surface area contributed by atoms with Crippen LogP contribution >= 0.6 is 0 Å². The molecule has 8 heteroatoms. The van der Waals surface area contributed by atoms with Gasteiger partial charge in [-0.05, 0) is 42.3 Å². The van der Waals surface area contributed by atoms with Gasteiger partial charge < -0.3 is 4.42 Å². The van der Waals surface area contributed by atoms with E-state index in [1.807, 2.05) is 37.3 Å². The largest absolute Gasteiger partial charge is 0.459 e. The molecule has 1 aliphatic rings. The molecule has 0 fully saturated rings. The molecule has 0 bridgehead atoms. The molecule has 4 rings (SSSR count). The predicted octanol–water partition coefficient (Wildman–Crippen LogP) is 3.95. The first-order chi connectivity index (χ1) is 14.3. The molecule has 30 heavy (non-hydrogen) atoms. The van der Waals surface area contributed by atoms with Gasteiger partial charge in [-0.25, -0.2) is 13.4 Å². The van der Waals surface area contributed by atoms with Gasteiger partial charge >= 0.3 is 5.91 Å². The van der Waals surface area contributed by atoms with Crippen molar-refractivity contribution in [2.45, 2.75) is 19.4 Å². The fraction of sp³-hybridized carbons (Fsp3) is 0.182. The summed E-state index contributed by atoms with van der Waals surface area (Å²) in [7, 11) is -3.40. The van der Waals surface area contributed by atoms with Gasteiger partial charge in [-0.1, -0.05) is 42.0 Å². The van der Waals surface area contributed by atoms with Gasteiger partial charge in [0.2, 0.25) is 10.0 Å². The van der Waals surface area contributed by atoms with Crippen LogP contribution in [0.2, 0.25) is 0 Å². The summed E-state index contributed by atoms with van der Waals surface area (Å²) < 4.78 is 30.9. The molecular formula is C22H21N3O4S. The minimum atomic E-state index is -3.40. The van der Waals surface area contributed by atoms with Crippen LogP contribution in [-0.4, -0.2) is 31.3 Å². The zero-order valence-electron chi connectivity index (χ0n) is 16.6. The van der Waals surface area contributed by atoms with Crippen LogP contribution in [0.25, 0.3) is 0 Å². The molecule has 0 saturated heterocycles. The first-order valence-corrected chi connectivity index (χ1v) is 11.3. The van der Waals surface area contributed by atoms with Crippen LogP contribution in [0.5, 0.6) is 0 Å². The highest BCUT2D eigenvalue weighted by atomic mass is 32.2. The van der Waals surface area contributed by atoms with Crippen LogP contribution in [-0.2, 0) is 10.0 Å². The van der Waals surface area contributed by atoms with E-state index in [9.17, 15) is 13.2 Å². The summed E-state index contributed by atoms with van der Waals surface area (Å²) in [5.41, 5.74) is 3.97. The van der Waals surface area contributed by atoms with E-state index in [2.05, 4.69) is 9.82 Å². The van der Waals surface area contributed by atoms with Crippen molar-refractivity contribution in [2.75, 3.05) is 11.0 Å². The third-order valence-corrected chi connectivity index (χ3v) is 5.42. The van der Waals surface area contributed by atoms with Crippen LogP contribution in [0.1, 0.15) is 39.7 Å². The number of anilines is 1. The highest BCUT2D eigenvalue weighted by molar-refractivity contribution is 7.92. The van der Waals surface area contributed by atoms with E-state index in [-0.39, 0.29) is 17.7 Å². The van der Waals surface area contributed by atoms with E-state index < -0.39 is 10.0 Å². The Bertz CT molecular complexity index is 1200. The Morgan fingerprint density at radius 3 is 2.57 bits per heavy atom. The number of carbonyl (C=O) groups excluding carboxylic acids is 1. The summed E-state index contributed by atoms with van der Waals surface area (Å²) in [5, 5.41) is 6.04. The van der Waals surface area contributed by atoms with Crippen LogP contribution in [0.3, 0.4) is 0 Å². The van der Waals surface area contributed by atoms with Gasteiger partial charge in [0.1, 0.15) is 0 Å². The molecule has 0 unspecified atom stereocenters. The van der Waals surface area contributed by atoms with E-state index >= 15 is 0 Å². The number of rotatable bonds is 5. The molecule has 154 valence electrons. The molecule has 0 saturated carbocycles. The second-order valence-electron chi connectivity index (χ2n) is 7.26. The molecule has 0 radical (unpaired) electrons. The lowest BCUT2D eigenvalue weighted by molar-refractivity contribution is 0.0678. The van der Waals surface area contributed by atoms with Crippen LogP contribution < -0.4 is 4.72 Å². The normalized spacial score (nSPS) is 16.4. The molecule has 0 spiro atoms. The van der Waals surface area contributed by atoms with Crippen molar-refractivity contribution < 1.29 is 17.6 Å². The lowest BCUT2D eigenvalue weighted by atomic mass is 9.97. The van der Waals surface area contributed by atoms with Crippen molar-refractivity contribution >= 4 is 27.3 Å². The van der Waals surface area contributed by atoms with Crippen molar-refractivity contribution in [3.05, 3.63) is 89.4 Å². The van der Waals surface area contributed by atoms with Crippen molar-refractivity contribution in [2.24, 2.45) is 5.10 Å². The number of sulfonamides is 1. The molecule has 7 nitrogen and oxygen atoms in total. The van der Waals surface area contributed by atoms with Crippen molar-refractivity contribution in [1.82, 2.24) is 5.01 Å². The molecule has 0 aliphatic carbocycles. The Labute approximate surface area is 175 Å². The number of nitrogens with one attached hydrogen (secondary N) is 1. The van der Waals surface area contributed by atoms with Gasteiger partial charge in [0.05, 0.1) is 24.3 Å². The minimum Gasteiger partial charge on any atom is -0.459 e. The number of hydrogen-bond donors (Lipinski definition) is 1. The Morgan fingerprint density at radius 2 is 1.90 bits per heavy atom. The Morgan fingerprint density at radius 1 is 1.13 bits per heavy atom. The third-order valence-electron chi connectivity index (χ3n) is 4.81. The number of benzene rings is 2. The Balaban J connectivity index is 1.70. The lowest BCUT2D eigenvalue weighted by Crippen LogP contribution is -2.26. The van der Waals surface area contributed by atoms with Crippen LogP contribution in [0, 0.1) is 6.92 Å². The molecule has 1 aliphatic heterocycles. The molecule has 3 aromatic rings. The second-order valence-corrected chi connectivity index (χ2v) is 9.01. The average Bonchev–Trinajstić information content (AvgIpc) is 3.37. The quantitative estimate of drug-likeness (QED) is 0.673. The smallest absolute Gasteiger partial charge is 0.310 e. The van der Waals surface area contributed by atoms with E-state index in [1.165, 1.54) is 11.3 Å². The number of carbonyl (C=O) groups is 1. The summed E-state index contributed by atoms with van der Waals surface area (Å²) in [4.78, 5) is 13.0. The standard InChI is InChI=1S/C22H21N3O4S/c1-15-8-10-16(11-9-15)20-14-19(23-25(20)22(26)21-7-4-12-29-21)17-5-3-6-18(13-17)24-30(2,27)28/h3-13,20,24H,14H2,1-2H3/t20-/m1/s1. The molecule has 1 N–H and O–H groups in total. The monoisotopic (exact) mass is 423 g/mol. The highest BCUT2D eigenvalue weighted by Gasteiger charge is 2.34. The molecule has 1 amide bonds. The maximum atomic E-state index is 13.0. The Hall–Kier alpha value is -3.39. The summed E-state index contributed by atoms with van der Waals surface area (Å²) in [6.07, 6.45) is 3.05. The van der Waals surface area contributed by atoms with E-state index in [4.69, 9.17) is 4.42 Å². The highest BCUT2D eigenvalue weighted by Crippen LogP contribution is 2.34. The fourth-order valence-electron chi connectivity index (χ4n) is 3.41. The number of furan rings is 1. The third kappa shape index (κ3) is 4.28. The van der Waals surface area contributed by atoms with Gasteiger partial charge in [0, 0.05) is 12.1 Å². The maximum Gasteiger partial charge on any atom is 0.310 e. The van der Waals surface area contributed by atoms with Crippen molar-refractivity contribution in [3.8, 4) is 0 Å². The molecule has 1 atom stereocenters. The topological polar surface area (TPSA) is 92.0 Å². The molecular weight excluding hydrogens is 402 g/mol. The van der Waals surface area contributed by atoms with Gasteiger partial charge in [-0.3, -0.25) is 9.52 Å². The first-order valence-electron chi connectivity index (χ1n) is 9.39. The number of nitrogens with zero attached hydrogens (tertiary/aromatic N) is 2.